The molecular formula is C15H20Cl2N2. The minimum absolute atomic E-state index is 0.607. The minimum atomic E-state index is 0.607. The van der Waals surface area contributed by atoms with Gasteiger partial charge in [-0.15, -0.1) is 0 Å². The average molecular weight is 299 g/mol. The first kappa shape index (κ1) is 13.7. The maximum absolute atomic E-state index is 6.23. The van der Waals surface area contributed by atoms with Crippen LogP contribution in [0.4, 0.5) is 0 Å². The van der Waals surface area contributed by atoms with Gasteiger partial charge in [-0.1, -0.05) is 41.8 Å². The lowest BCUT2D eigenvalue weighted by Gasteiger charge is -2.32. The highest BCUT2D eigenvalue weighted by Gasteiger charge is 2.34. The van der Waals surface area contributed by atoms with Crippen LogP contribution in [0, 0.1) is 0 Å². The lowest BCUT2D eigenvalue weighted by molar-refractivity contribution is 0.180. The first-order chi connectivity index (χ1) is 9.25. The molecule has 2 unspecified atom stereocenters. The molecule has 3 rings (SSSR count). The van der Waals surface area contributed by atoms with Crippen LogP contribution in [0.3, 0.4) is 0 Å². The van der Waals surface area contributed by atoms with Crippen LogP contribution in [-0.2, 0) is 6.54 Å². The van der Waals surface area contributed by atoms with E-state index in [-0.39, 0.29) is 0 Å². The van der Waals surface area contributed by atoms with Crippen LogP contribution in [0.5, 0.6) is 0 Å². The maximum Gasteiger partial charge on any atom is 0.0637 e. The van der Waals surface area contributed by atoms with Crippen LogP contribution in [0.15, 0.2) is 18.2 Å². The van der Waals surface area contributed by atoms with Crippen molar-refractivity contribution in [1.82, 2.24) is 10.2 Å². The summed E-state index contributed by atoms with van der Waals surface area (Å²) in [5.74, 6) is 0. The van der Waals surface area contributed by atoms with E-state index in [1.54, 1.807) is 0 Å². The van der Waals surface area contributed by atoms with Gasteiger partial charge >= 0.3 is 0 Å². The molecule has 2 fully saturated rings. The summed E-state index contributed by atoms with van der Waals surface area (Å²) in [6.07, 6.45) is 5.32. The van der Waals surface area contributed by atoms with Gasteiger partial charge in [-0.2, -0.15) is 0 Å². The zero-order chi connectivity index (χ0) is 13.2. The van der Waals surface area contributed by atoms with Gasteiger partial charge in [0.15, 0.2) is 0 Å². The van der Waals surface area contributed by atoms with Crippen LogP contribution in [0.1, 0.15) is 31.2 Å². The molecule has 19 heavy (non-hydrogen) atoms. The third-order valence-electron chi connectivity index (χ3n) is 4.44. The Kier molecular flexibility index (Phi) is 4.33. The van der Waals surface area contributed by atoms with E-state index >= 15 is 0 Å². The van der Waals surface area contributed by atoms with Crippen molar-refractivity contribution in [2.45, 2.75) is 44.3 Å². The van der Waals surface area contributed by atoms with Gasteiger partial charge in [-0.3, -0.25) is 4.90 Å². The monoisotopic (exact) mass is 298 g/mol. The lowest BCUT2D eigenvalue weighted by atomic mass is 9.99. The van der Waals surface area contributed by atoms with E-state index in [4.69, 9.17) is 23.2 Å². The molecule has 0 aromatic heterocycles. The Morgan fingerprint density at radius 3 is 2.95 bits per heavy atom. The number of piperidine rings is 1. The van der Waals surface area contributed by atoms with Crippen molar-refractivity contribution >= 4 is 23.2 Å². The standard InChI is InChI=1S/C15H20Cl2N2/c16-12-5-3-4-11(15(12)17)10-18-13-7-9-19-8-2-1-6-14(13)19/h3-5,13-14,18H,1-2,6-10H2. The predicted octanol–water partition coefficient (Wildman–Crippen LogP) is 3.71. The summed E-state index contributed by atoms with van der Waals surface area (Å²) in [6.45, 7) is 3.33. The van der Waals surface area contributed by atoms with E-state index in [9.17, 15) is 0 Å². The van der Waals surface area contributed by atoms with Gasteiger partial charge in [-0.05, 0) is 37.4 Å². The molecule has 104 valence electrons. The molecule has 4 heteroatoms. The highest BCUT2D eigenvalue weighted by atomic mass is 35.5. The van der Waals surface area contributed by atoms with Crippen molar-refractivity contribution in [3.63, 3.8) is 0 Å². The van der Waals surface area contributed by atoms with Crippen molar-refractivity contribution < 1.29 is 0 Å². The molecule has 1 aromatic carbocycles. The molecule has 0 saturated carbocycles. The molecule has 2 saturated heterocycles. The van der Waals surface area contributed by atoms with Crippen molar-refractivity contribution in [3.8, 4) is 0 Å². The molecule has 0 radical (unpaired) electrons. The normalized spacial score (nSPS) is 27.5. The van der Waals surface area contributed by atoms with E-state index in [0.29, 0.717) is 16.1 Å². The smallest absolute Gasteiger partial charge is 0.0637 e. The molecular weight excluding hydrogens is 279 g/mol. The molecule has 2 nitrogen and oxygen atoms in total. The summed E-state index contributed by atoms with van der Waals surface area (Å²) in [5.41, 5.74) is 1.10. The summed E-state index contributed by atoms with van der Waals surface area (Å²) in [7, 11) is 0. The third kappa shape index (κ3) is 2.92. The van der Waals surface area contributed by atoms with E-state index in [1.165, 1.54) is 38.8 Å². The van der Waals surface area contributed by atoms with Crippen LogP contribution in [0.25, 0.3) is 0 Å². The van der Waals surface area contributed by atoms with Crippen LogP contribution < -0.4 is 5.32 Å². The summed E-state index contributed by atoms with van der Waals surface area (Å²) in [5, 5.41) is 5.02. The van der Waals surface area contributed by atoms with Gasteiger partial charge in [0, 0.05) is 25.2 Å². The van der Waals surface area contributed by atoms with Crippen LogP contribution in [0.2, 0.25) is 10.0 Å². The second-order valence-electron chi connectivity index (χ2n) is 5.59. The Balaban J connectivity index is 1.62. The number of hydrogen-bond acceptors (Lipinski definition) is 2. The molecule has 0 bridgehead atoms. The van der Waals surface area contributed by atoms with E-state index in [0.717, 1.165) is 18.2 Å². The number of nitrogens with one attached hydrogen (secondary N) is 1. The topological polar surface area (TPSA) is 15.3 Å². The zero-order valence-electron chi connectivity index (χ0n) is 11.0. The second-order valence-corrected chi connectivity index (χ2v) is 6.37. The Hall–Kier alpha value is -0.280. The quantitative estimate of drug-likeness (QED) is 0.915. The van der Waals surface area contributed by atoms with Crippen molar-refractivity contribution in [2.75, 3.05) is 13.1 Å². The molecule has 1 N–H and O–H groups in total. The van der Waals surface area contributed by atoms with Crippen molar-refractivity contribution in [2.24, 2.45) is 0 Å². The summed E-state index contributed by atoms with van der Waals surface area (Å²) in [6, 6.07) is 7.19. The number of halogens is 2. The minimum Gasteiger partial charge on any atom is -0.308 e. The maximum atomic E-state index is 6.23. The fraction of sp³-hybridized carbons (Fsp3) is 0.600. The summed E-state index contributed by atoms with van der Waals surface area (Å²) >= 11 is 12.3. The van der Waals surface area contributed by atoms with E-state index < -0.39 is 0 Å². The number of rotatable bonds is 3. The average Bonchev–Trinajstić information content (AvgIpc) is 2.84. The zero-order valence-corrected chi connectivity index (χ0v) is 12.6. The molecule has 2 aliphatic rings. The number of fused-ring (bicyclic) bond motifs is 1. The fourth-order valence-corrected chi connectivity index (χ4v) is 3.80. The Morgan fingerprint density at radius 2 is 2.05 bits per heavy atom. The Bertz CT molecular complexity index is 450. The first-order valence-electron chi connectivity index (χ1n) is 7.16. The summed E-state index contributed by atoms with van der Waals surface area (Å²) < 4.78 is 0. The highest BCUT2D eigenvalue weighted by Crippen LogP contribution is 2.29. The molecule has 2 aliphatic heterocycles. The molecule has 2 atom stereocenters. The largest absolute Gasteiger partial charge is 0.308 e. The molecule has 0 aliphatic carbocycles. The van der Waals surface area contributed by atoms with Gasteiger partial charge in [-0.25, -0.2) is 0 Å². The number of hydrogen-bond donors (Lipinski definition) is 1. The Labute approximate surface area is 125 Å². The van der Waals surface area contributed by atoms with Crippen molar-refractivity contribution in [3.05, 3.63) is 33.8 Å². The van der Waals surface area contributed by atoms with Gasteiger partial charge in [0.2, 0.25) is 0 Å². The Morgan fingerprint density at radius 1 is 1.16 bits per heavy atom. The lowest BCUT2D eigenvalue weighted by Crippen LogP contribution is -2.44. The van der Waals surface area contributed by atoms with Gasteiger partial charge in [0.1, 0.15) is 0 Å². The fourth-order valence-electron chi connectivity index (χ4n) is 3.41. The predicted molar refractivity (Wildman–Crippen MR) is 80.9 cm³/mol. The highest BCUT2D eigenvalue weighted by molar-refractivity contribution is 6.42. The van der Waals surface area contributed by atoms with Crippen LogP contribution in [-0.4, -0.2) is 30.1 Å². The van der Waals surface area contributed by atoms with E-state index in [2.05, 4.69) is 16.3 Å². The second kappa shape index (κ2) is 6.01. The van der Waals surface area contributed by atoms with Gasteiger partial charge in [0.25, 0.3) is 0 Å². The SMILES string of the molecule is Clc1cccc(CNC2CCN3CCCCC23)c1Cl. The number of benzene rings is 1. The number of nitrogens with zero attached hydrogens (tertiary/aromatic N) is 1. The first-order valence-corrected chi connectivity index (χ1v) is 7.91. The molecule has 1 aromatic rings. The molecule has 0 amide bonds. The molecule has 0 spiro atoms. The van der Waals surface area contributed by atoms with Gasteiger partial charge in [0.05, 0.1) is 10.0 Å². The van der Waals surface area contributed by atoms with Gasteiger partial charge < -0.3 is 5.32 Å². The van der Waals surface area contributed by atoms with Crippen LogP contribution >= 0.6 is 23.2 Å². The third-order valence-corrected chi connectivity index (χ3v) is 5.30. The molecule has 2 heterocycles. The van der Waals surface area contributed by atoms with Crippen molar-refractivity contribution in [1.29, 1.82) is 0 Å². The van der Waals surface area contributed by atoms with E-state index in [1.807, 2.05) is 12.1 Å². The summed E-state index contributed by atoms with van der Waals surface area (Å²) in [4.78, 5) is 2.64.